The Bertz CT molecular complexity index is 845. The van der Waals surface area contributed by atoms with Gasteiger partial charge < -0.3 is 20.1 Å². The van der Waals surface area contributed by atoms with Gasteiger partial charge in [-0.2, -0.15) is 0 Å². The monoisotopic (exact) mass is 488 g/mol. The lowest BCUT2D eigenvalue weighted by Gasteiger charge is -2.29. The molecule has 1 aliphatic rings. The molecule has 2 atom stereocenters. The molecule has 0 bridgehead atoms. The van der Waals surface area contributed by atoms with Crippen LogP contribution in [0.4, 0.5) is 0 Å². The number of aliphatic hydroxyl groups is 1. The van der Waals surface area contributed by atoms with E-state index in [2.05, 4.69) is 16.8 Å². The van der Waals surface area contributed by atoms with E-state index in [-0.39, 0.29) is 11.7 Å². The highest BCUT2D eigenvalue weighted by atomic mass is 35.5. The second-order valence-corrected chi connectivity index (χ2v) is 8.75. The second kappa shape index (κ2) is 15.5. The summed E-state index contributed by atoms with van der Waals surface area (Å²) in [5.41, 5.74) is 1.30. The lowest BCUT2D eigenvalue weighted by atomic mass is 10.00. The highest BCUT2D eigenvalue weighted by Gasteiger charge is 2.27. The molecule has 1 saturated heterocycles. The lowest BCUT2D eigenvalue weighted by Crippen LogP contribution is -2.50. The molecule has 6 nitrogen and oxygen atoms in total. The molecule has 0 spiro atoms. The molecule has 0 radical (unpaired) electrons. The number of carbonyl (C=O) groups excluding carboxylic acids is 2. The molecular formula is C27H37ClN2O4. The molecule has 34 heavy (non-hydrogen) atoms. The maximum absolute atomic E-state index is 12.7. The third kappa shape index (κ3) is 9.45. The Hall–Kier alpha value is -2.41. The number of Topliss-reactive ketones (excluding diaryl/α,β-unsaturated/α-hetero) is 1. The third-order valence-corrected chi connectivity index (χ3v) is 6.08. The highest BCUT2D eigenvalue weighted by Crippen LogP contribution is 2.16. The van der Waals surface area contributed by atoms with Gasteiger partial charge in [-0.3, -0.25) is 9.59 Å². The summed E-state index contributed by atoms with van der Waals surface area (Å²) in [4.78, 5) is 27.3. The molecular weight excluding hydrogens is 452 g/mol. The number of nitrogens with one attached hydrogen (secondary N) is 1. The van der Waals surface area contributed by atoms with E-state index in [1.54, 1.807) is 55.7 Å². The summed E-state index contributed by atoms with van der Waals surface area (Å²) >= 11 is 5.77. The molecule has 1 fully saturated rings. The van der Waals surface area contributed by atoms with Crippen LogP contribution in [0.1, 0.15) is 48.9 Å². The summed E-state index contributed by atoms with van der Waals surface area (Å²) in [6.45, 7) is 6.22. The minimum Gasteiger partial charge on any atom is -0.497 e. The van der Waals surface area contributed by atoms with Crippen molar-refractivity contribution < 1.29 is 19.4 Å². The van der Waals surface area contributed by atoms with Gasteiger partial charge in [-0.25, -0.2) is 0 Å². The summed E-state index contributed by atoms with van der Waals surface area (Å²) in [6.07, 6.45) is 10.2. The first-order valence-electron chi connectivity index (χ1n) is 11.9. The number of halogens is 1. The number of benzene rings is 1. The number of ketones is 1. The number of ether oxygens (including phenoxy) is 1. The van der Waals surface area contributed by atoms with Gasteiger partial charge in [-0.05, 0) is 68.6 Å². The summed E-state index contributed by atoms with van der Waals surface area (Å²) in [5.74, 6) is 0.970. The van der Waals surface area contributed by atoms with Crippen molar-refractivity contribution in [3.05, 3.63) is 66.3 Å². The van der Waals surface area contributed by atoms with Gasteiger partial charge in [0.1, 0.15) is 11.9 Å². The zero-order valence-electron chi connectivity index (χ0n) is 20.0. The largest absolute Gasteiger partial charge is 0.497 e. The fourth-order valence-corrected chi connectivity index (χ4v) is 4.13. The SMILES string of the molecule is C=C/C=C(\C=C/CCl)[C@@H](O)[C@@H](CN1CCCC1)NC(=O)CCCCC(=O)c1ccc(OC)cc1. The van der Waals surface area contributed by atoms with Crippen molar-refractivity contribution in [3.63, 3.8) is 0 Å². The van der Waals surface area contributed by atoms with Crippen LogP contribution in [0, 0.1) is 0 Å². The van der Waals surface area contributed by atoms with Gasteiger partial charge in [0.2, 0.25) is 5.91 Å². The van der Waals surface area contributed by atoms with Crippen LogP contribution in [-0.4, -0.2) is 66.5 Å². The number of hydrogen-bond donors (Lipinski definition) is 2. The number of amides is 1. The number of hydrogen-bond acceptors (Lipinski definition) is 5. The predicted molar refractivity (Wildman–Crippen MR) is 138 cm³/mol. The fourth-order valence-electron chi connectivity index (χ4n) is 4.04. The molecule has 1 heterocycles. The van der Waals surface area contributed by atoms with Gasteiger partial charge in [-0.1, -0.05) is 30.9 Å². The number of allylic oxidation sites excluding steroid dienone is 3. The molecule has 0 aliphatic carbocycles. The van der Waals surface area contributed by atoms with Crippen molar-refractivity contribution in [2.75, 3.05) is 32.6 Å². The number of nitrogens with zero attached hydrogens (tertiary/aromatic N) is 1. The van der Waals surface area contributed by atoms with E-state index in [0.717, 1.165) is 25.9 Å². The molecule has 1 aromatic carbocycles. The molecule has 7 heteroatoms. The molecule has 1 aromatic rings. The van der Waals surface area contributed by atoms with E-state index in [1.165, 1.54) is 0 Å². The minimum absolute atomic E-state index is 0.0516. The van der Waals surface area contributed by atoms with E-state index in [1.807, 2.05) is 0 Å². The summed E-state index contributed by atoms with van der Waals surface area (Å²) in [5, 5.41) is 14.1. The van der Waals surface area contributed by atoms with Crippen LogP contribution in [0.2, 0.25) is 0 Å². The second-order valence-electron chi connectivity index (χ2n) is 8.44. The number of methoxy groups -OCH3 is 1. The first-order chi connectivity index (χ1) is 16.5. The molecule has 1 aliphatic heterocycles. The van der Waals surface area contributed by atoms with Crippen molar-refractivity contribution in [1.29, 1.82) is 0 Å². The Labute approximate surface area is 208 Å². The Morgan fingerprint density at radius 2 is 1.88 bits per heavy atom. The maximum Gasteiger partial charge on any atom is 0.220 e. The number of unbranched alkanes of at least 4 members (excludes halogenated alkanes) is 1. The summed E-state index contributed by atoms with van der Waals surface area (Å²) in [6, 6.07) is 6.60. The molecule has 1 amide bonds. The van der Waals surface area contributed by atoms with Crippen LogP contribution in [-0.2, 0) is 4.79 Å². The number of alkyl halides is 1. The smallest absolute Gasteiger partial charge is 0.220 e. The minimum atomic E-state index is -0.876. The van der Waals surface area contributed by atoms with Crippen molar-refractivity contribution in [3.8, 4) is 5.75 Å². The van der Waals surface area contributed by atoms with Gasteiger partial charge >= 0.3 is 0 Å². The molecule has 0 unspecified atom stereocenters. The van der Waals surface area contributed by atoms with Crippen molar-refractivity contribution in [2.24, 2.45) is 0 Å². The quantitative estimate of drug-likeness (QED) is 0.167. The van der Waals surface area contributed by atoms with E-state index in [0.29, 0.717) is 55.0 Å². The van der Waals surface area contributed by atoms with Gasteiger partial charge in [0.25, 0.3) is 0 Å². The van der Waals surface area contributed by atoms with Crippen LogP contribution in [0.15, 0.2) is 60.7 Å². The Morgan fingerprint density at radius 1 is 1.21 bits per heavy atom. The maximum atomic E-state index is 12.7. The van der Waals surface area contributed by atoms with Crippen LogP contribution in [0.5, 0.6) is 5.75 Å². The van der Waals surface area contributed by atoms with Crippen LogP contribution >= 0.6 is 11.6 Å². The first-order valence-corrected chi connectivity index (χ1v) is 12.4. The summed E-state index contributed by atoms with van der Waals surface area (Å²) in [7, 11) is 1.59. The van der Waals surface area contributed by atoms with Gasteiger partial charge in [0, 0.05) is 30.8 Å². The molecule has 0 aromatic heterocycles. The zero-order valence-corrected chi connectivity index (χ0v) is 20.8. The number of likely N-dealkylation sites (tertiary alicyclic amines) is 1. The van der Waals surface area contributed by atoms with E-state index < -0.39 is 12.1 Å². The normalized spacial score (nSPS) is 16.4. The van der Waals surface area contributed by atoms with Gasteiger partial charge in [-0.15, -0.1) is 11.6 Å². The average Bonchev–Trinajstić information content (AvgIpc) is 3.36. The molecule has 2 rings (SSSR count). The highest BCUT2D eigenvalue weighted by molar-refractivity contribution is 6.18. The van der Waals surface area contributed by atoms with Crippen molar-refractivity contribution in [1.82, 2.24) is 10.2 Å². The third-order valence-electron chi connectivity index (χ3n) is 5.90. The van der Waals surface area contributed by atoms with Crippen molar-refractivity contribution >= 4 is 23.3 Å². The average molecular weight is 489 g/mol. The summed E-state index contributed by atoms with van der Waals surface area (Å²) < 4.78 is 5.12. The number of carbonyl (C=O) groups is 2. The van der Waals surface area contributed by atoms with Gasteiger partial charge in [0.15, 0.2) is 5.78 Å². The standard InChI is InChI=1S/C27H37ClN2O4/c1-3-9-22(10-8-17-28)27(33)24(20-30-18-6-7-19-30)29-26(32)12-5-4-11-25(31)21-13-15-23(34-2)16-14-21/h3,8-10,13-16,24,27,33H,1,4-7,11-12,17-20H2,2H3,(H,29,32)/b10-8-,22-9+/t24-,27-/m1/s1. The Kier molecular flexibility index (Phi) is 12.7. The molecule has 0 saturated carbocycles. The Balaban J connectivity index is 1.89. The van der Waals surface area contributed by atoms with Gasteiger partial charge in [0.05, 0.1) is 13.2 Å². The lowest BCUT2D eigenvalue weighted by molar-refractivity contribution is -0.122. The van der Waals surface area contributed by atoms with E-state index in [4.69, 9.17) is 16.3 Å². The molecule has 186 valence electrons. The van der Waals surface area contributed by atoms with E-state index >= 15 is 0 Å². The molecule has 2 N–H and O–H groups in total. The Morgan fingerprint density at radius 3 is 2.50 bits per heavy atom. The zero-order chi connectivity index (χ0) is 24.8. The van der Waals surface area contributed by atoms with Crippen LogP contribution in [0.25, 0.3) is 0 Å². The topological polar surface area (TPSA) is 78.9 Å². The van der Waals surface area contributed by atoms with E-state index in [9.17, 15) is 14.7 Å². The fraction of sp³-hybridized carbons (Fsp3) is 0.481. The first kappa shape index (κ1) is 27.8. The van der Waals surface area contributed by atoms with Crippen LogP contribution < -0.4 is 10.1 Å². The number of rotatable bonds is 15. The number of aliphatic hydroxyl groups excluding tert-OH is 1. The van der Waals surface area contributed by atoms with Crippen molar-refractivity contribution in [2.45, 2.75) is 50.7 Å². The predicted octanol–water partition coefficient (Wildman–Crippen LogP) is 4.29. The van der Waals surface area contributed by atoms with Crippen LogP contribution in [0.3, 0.4) is 0 Å².